The van der Waals surface area contributed by atoms with Crippen molar-refractivity contribution in [2.75, 3.05) is 17.7 Å². The van der Waals surface area contributed by atoms with Crippen LogP contribution in [0.2, 0.25) is 0 Å². The molecule has 1 amide bonds. The van der Waals surface area contributed by atoms with Gasteiger partial charge in [0.05, 0.1) is 17.9 Å². The number of ether oxygens (including phenoxy) is 1. The molecule has 172 valence electrons. The summed E-state index contributed by atoms with van der Waals surface area (Å²) in [4.78, 5) is 27.3. The Morgan fingerprint density at radius 1 is 1.12 bits per heavy atom. The van der Waals surface area contributed by atoms with Crippen LogP contribution in [0.25, 0.3) is 11.4 Å². The highest BCUT2D eigenvalue weighted by molar-refractivity contribution is 7.99. The third-order valence-electron chi connectivity index (χ3n) is 5.14. The first-order valence-electron chi connectivity index (χ1n) is 10.5. The molecule has 0 spiro atoms. The number of aryl methyl sites for hydroxylation is 2. The van der Waals surface area contributed by atoms with Gasteiger partial charge in [0.15, 0.2) is 11.0 Å². The third-order valence-corrected chi connectivity index (χ3v) is 8.24. The van der Waals surface area contributed by atoms with Gasteiger partial charge in [-0.05, 0) is 52.2 Å². The molecular weight excluding hydrogens is 464 g/mol. The minimum atomic E-state index is -0.411. The van der Waals surface area contributed by atoms with Crippen LogP contribution in [0.1, 0.15) is 51.5 Å². The largest absolute Gasteiger partial charge is 0.462 e. The highest BCUT2D eigenvalue weighted by Crippen LogP contribution is 2.34. The summed E-state index contributed by atoms with van der Waals surface area (Å²) in [7, 11) is 0. The summed E-state index contributed by atoms with van der Waals surface area (Å²) in [5.41, 5.74) is 3.58. The van der Waals surface area contributed by atoms with Crippen molar-refractivity contribution in [3.63, 3.8) is 0 Å². The van der Waals surface area contributed by atoms with Gasteiger partial charge >= 0.3 is 5.97 Å². The normalized spacial score (nSPS) is 11.1. The van der Waals surface area contributed by atoms with E-state index in [1.165, 1.54) is 33.5 Å². The van der Waals surface area contributed by atoms with Crippen LogP contribution in [0.4, 0.5) is 5.00 Å². The number of amides is 1. The average molecular weight is 493 g/mol. The molecule has 0 aliphatic heterocycles. The van der Waals surface area contributed by atoms with E-state index in [-0.39, 0.29) is 18.3 Å². The van der Waals surface area contributed by atoms with Crippen molar-refractivity contribution in [3.8, 4) is 11.4 Å². The third kappa shape index (κ3) is 5.07. The van der Waals surface area contributed by atoms with Crippen LogP contribution in [0, 0.1) is 27.7 Å². The van der Waals surface area contributed by atoms with Crippen molar-refractivity contribution in [2.45, 2.75) is 59.7 Å². The predicted octanol–water partition coefficient (Wildman–Crippen LogP) is 5.62. The number of carbonyl (C=O) groups excluding carboxylic acids is 2. The Kier molecular flexibility index (Phi) is 8.13. The van der Waals surface area contributed by atoms with Gasteiger partial charge < -0.3 is 14.6 Å². The Labute approximate surface area is 200 Å². The monoisotopic (exact) mass is 492 g/mol. The second kappa shape index (κ2) is 10.6. The van der Waals surface area contributed by atoms with Crippen molar-refractivity contribution in [1.29, 1.82) is 0 Å². The molecule has 0 fully saturated rings. The zero-order chi connectivity index (χ0) is 23.4. The Bertz CT molecular complexity index is 1130. The second-order valence-corrected chi connectivity index (χ2v) is 10.6. The lowest BCUT2D eigenvalue weighted by Gasteiger charge is -2.09. The topological polar surface area (TPSA) is 86.1 Å². The predicted molar refractivity (Wildman–Crippen MR) is 132 cm³/mol. The first kappa shape index (κ1) is 24.5. The summed E-state index contributed by atoms with van der Waals surface area (Å²) in [5, 5.41) is 15.0. The number of carbonyl (C=O) groups is 2. The van der Waals surface area contributed by atoms with E-state index >= 15 is 0 Å². The molecule has 10 heteroatoms. The van der Waals surface area contributed by atoms with Gasteiger partial charge in [0, 0.05) is 27.2 Å². The highest BCUT2D eigenvalue weighted by Gasteiger charge is 2.23. The van der Waals surface area contributed by atoms with E-state index in [1.54, 1.807) is 18.3 Å². The van der Waals surface area contributed by atoms with E-state index < -0.39 is 5.97 Å². The lowest BCUT2D eigenvalue weighted by Crippen LogP contribution is -2.17. The summed E-state index contributed by atoms with van der Waals surface area (Å²) >= 11 is 4.44. The molecule has 7 nitrogen and oxygen atoms in total. The summed E-state index contributed by atoms with van der Waals surface area (Å²) in [6, 6.07) is 0. The van der Waals surface area contributed by atoms with Gasteiger partial charge in [-0.1, -0.05) is 18.7 Å². The van der Waals surface area contributed by atoms with Crippen LogP contribution in [0.5, 0.6) is 0 Å². The quantitative estimate of drug-likeness (QED) is 0.308. The van der Waals surface area contributed by atoms with Gasteiger partial charge in [0.25, 0.3) is 0 Å². The second-order valence-electron chi connectivity index (χ2n) is 7.33. The zero-order valence-corrected chi connectivity index (χ0v) is 21.6. The Morgan fingerprint density at radius 3 is 2.50 bits per heavy atom. The number of hydrogen-bond donors (Lipinski definition) is 1. The fourth-order valence-corrected chi connectivity index (χ4v) is 5.90. The average Bonchev–Trinajstić information content (AvgIpc) is 3.38. The minimum Gasteiger partial charge on any atom is -0.462 e. The molecule has 0 atom stereocenters. The summed E-state index contributed by atoms with van der Waals surface area (Å²) in [6.07, 6.45) is 0.934. The maximum Gasteiger partial charge on any atom is 0.341 e. The molecule has 0 saturated heterocycles. The number of thioether (sulfide) groups is 1. The molecule has 3 aromatic rings. The van der Waals surface area contributed by atoms with Crippen molar-refractivity contribution >= 4 is 51.3 Å². The number of hydrogen-bond acceptors (Lipinski definition) is 8. The number of rotatable bonds is 9. The molecule has 0 bridgehead atoms. The van der Waals surface area contributed by atoms with E-state index in [0.29, 0.717) is 15.7 Å². The Hall–Kier alpha value is -2.17. The number of esters is 1. The van der Waals surface area contributed by atoms with Gasteiger partial charge in [-0.3, -0.25) is 4.79 Å². The lowest BCUT2D eigenvalue weighted by molar-refractivity contribution is -0.113. The molecular formula is C22H28N4O3S3. The van der Waals surface area contributed by atoms with Gasteiger partial charge in [0.2, 0.25) is 5.91 Å². The highest BCUT2D eigenvalue weighted by atomic mass is 32.2. The first-order valence-corrected chi connectivity index (χ1v) is 13.1. The summed E-state index contributed by atoms with van der Waals surface area (Å²) < 4.78 is 7.24. The number of anilines is 1. The molecule has 3 rings (SSSR count). The minimum absolute atomic E-state index is 0.168. The molecule has 0 unspecified atom stereocenters. The molecule has 1 N–H and O–H groups in total. The van der Waals surface area contributed by atoms with E-state index in [4.69, 9.17) is 4.74 Å². The van der Waals surface area contributed by atoms with E-state index in [2.05, 4.69) is 46.2 Å². The number of aromatic nitrogens is 3. The first-order chi connectivity index (χ1) is 15.3. The Balaban J connectivity index is 1.75. The molecule has 0 aliphatic carbocycles. The van der Waals surface area contributed by atoms with Gasteiger partial charge in [-0.25, -0.2) is 4.79 Å². The van der Waals surface area contributed by atoms with Gasteiger partial charge in [0.1, 0.15) is 5.00 Å². The van der Waals surface area contributed by atoms with E-state index in [1.807, 2.05) is 13.8 Å². The Morgan fingerprint density at radius 2 is 1.88 bits per heavy atom. The van der Waals surface area contributed by atoms with Crippen LogP contribution in [-0.4, -0.2) is 39.0 Å². The van der Waals surface area contributed by atoms with Crippen LogP contribution in [0.15, 0.2) is 10.5 Å². The standard InChI is InChI=1S/C22H28N4O3S3/c1-7-9-26-19(16-10-30-14(5)12(16)3)24-25-22(26)31-11-17(27)23-20-18(21(28)29-8-2)13(4)15(6)32-20/h10H,7-9,11H2,1-6H3,(H,23,27). The van der Waals surface area contributed by atoms with Crippen LogP contribution in [-0.2, 0) is 16.1 Å². The van der Waals surface area contributed by atoms with Crippen LogP contribution >= 0.6 is 34.4 Å². The summed E-state index contributed by atoms with van der Waals surface area (Å²) in [6.45, 7) is 12.9. The van der Waals surface area contributed by atoms with Crippen molar-refractivity contribution in [2.24, 2.45) is 0 Å². The smallest absolute Gasteiger partial charge is 0.341 e. The SMILES string of the molecule is CCCn1c(SCC(=O)Nc2sc(C)c(C)c2C(=O)OCC)nnc1-c1csc(C)c1C. The van der Waals surface area contributed by atoms with Crippen LogP contribution < -0.4 is 5.32 Å². The van der Waals surface area contributed by atoms with E-state index in [0.717, 1.165) is 34.8 Å². The van der Waals surface area contributed by atoms with Crippen LogP contribution in [0.3, 0.4) is 0 Å². The molecule has 3 heterocycles. The fraction of sp³-hybridized carbons (Fsp3) is 0.455. The fourth-order valence-electron chi connectivity index (χ4n) is 3.21. The zero-order valence-electron chi connectivity index (χ0n) is 19.2. The van der Waals surface area contributed by atoms with Crippen molar-refractivity contribution < 1.29 is 14.3 Å². The molecule has 0 radical (unpaired) electrons. The lowest BCUT2D eigenvalue weighted by atomic mass is 10.1. The van der Waals surface area contributed by atoms with Gasteiger partial charge in [-0.2, -0.15) is 0 Å². The molecule has 0 saturated carbocycles. The summed E-state index contributed by atoms with van der Waals surface area (Å²) in [5.74, 6) is 0.399. The van der Waals surface area contributed by atoms with E-state index in [9.17, 15) is 9.59 Å². The van der Waals surface area contributed by atoms with Crippen molar-refractivity contribution in [1.82, 2.24) is 14.8 Å². The van der Waals surface area contributed by atoms with Crippen molar-refractivity contribution in [3.05, 3.63) is 31.8 Å². The molecule has 0 aliphatic rings. The molecule has 32 heavy (non-hydrogen) atoms. The maximum absolute atomic E-state index is 12.7. The molecule has 3 aromatic heterocycles. The number of nitrogens with one attached hydrogen (secondary N) is 1. The molecule has 0 aromatic carbocycles. The maximum atomic E-state index is 12.7. The number of thiophene rings is 2. The number of nitrogens with zero attached hydrogens (tertiary/aromatic N) is 3. The van der Waals surface area contributed by atoms with Gasteiger partial charge in [-0.15, -0.1) is 32.9 Å².